The van der Waals surface area contributed by atoms with Crippen LogP contribution in [0.5, 0.6) is 0 Å². The van der Waals surface area contributed by atoms with Gasteiger partial charge in [0.25, 0.3) is 0 Å². The van der Waals surface area contributed by atoms with Gasteiger partial charge in [0.15, 0.2) is 0 Å². The minimum atomic E-state index is -1.21. The van der Waals surface area contributed by atoms with E-state index in [0.29, 0.717) is 17.5 Å². The number of nitrogens with one attached hydrogen (secondary N) is 2. The minimum absolute atomic E-state index is 0.00998. The zero-order chi connectivity index (χ0) is 17.3. The lowest BCUT2D eigenvalue weighted by Gasteiger charge is -2.22. The van der Waals surface area contributed by atoms with Crippen molar-refractivity contribution in [1.29, 1.82) is 0 Å². The molecule has 0 saturated heterocycles. The molecule has 2 amide bonds. The zero-order valence-electron chi connectivity index (χ0n) is 13.7. The van der Waals surface area contributed by atoms with E-state index in [9.17, 15) is 14.3 Å². The number of aryl methyl sites for hydroxylation is 1. The smallest absolute Gasteiger partial charge is 0.315 e. The number of amides is 2. The molecule has 2 aromatic rings. The summed E-state index contributed by atoms with van der Waals surface area (Å²) in [6, 6.07) is 6.16. The van der Waals surface area contributed by atoms with E-state index in [4.69, 9.17) is 0 Å². The number of nitrogens with zero attached hydrogens (tertiary/aromatic N) is 2. The molecule has 1 aliphatic rings. The summed E-state index contributed by atoms with van der Waals surface area (Å²) >= 11 is 0. The van der Waals surface area contributed by atoms with Crippen LogP contribution >= 0.6 is 0 Å². The second-order valence-corrected chi connectivity index (χ2v) is 6.47. The van der Waals surface area contributed by atoms with Crippen LogP contribution in [0.2, 0.25) is 0 Å². The molecule has 3 atom stereocenters. The second kappa shape index (κ2) is 6.24. The van der Waals surface area contributed by atoms with Gasteiger partial charge in [-0.15, -0.1) is 0 Å². The molecule has 1 saturated carbocycles. The van der Waals surface area contributed by atoms with Crippen LogP contribution in [0.1, 0.15) is 30.4 Å². The molecule has 1 aliphatic carbocycles. The van der Waals surface area contributed by atoms with Gasteiger partial charge in [0.1, 0.15) is 11.4 Å². The molecule has 1 heterocycles. The molecule has 0 spiro atoms. The molecule has 1 aromatic carbocycles. The first-order valence-electron chi connectivity index (χ1n) is 7.87. The lowest BCUT2D eigenvalue weighted by atomic mass is 10.00. The van der Waals surface area contributed by atoms with E-state index in [1.807, 2.05) is 0 Å². The molecule has 3 rings (SSSR count). The van der Waals surface area contributed by atoms with Gasteiger partial charge in [-0.2, -0.15) is 5.10 Å². The molecule has 6 nitrogen and oxygen atoms in total. The van der Waals surface area contributed by atoms with Crippen LogP contribution in [0.3, 0.4) is 0 Å². The number of hydrogen-bond donors (Lipinski definition) is 3. The summed E-state index contributed by atoms with van der Waals surface area (Å²) in [5.74, 6) is -0.234. The highest BCUT2D eigenvalue weighted by molar-refractivity contribution is 5.75. The number of benzene rings is 1. The highest BCUT2D eigenvalue weighted by atomic mass is 19.1. The molecule has 0 aliphatic heterocycles. The van der Waals surface area contributed by atoms with Crippen molar-refractivity contribution in [3.8, 4) is 0 Å². The molecule has 3 N–H and O–H groups in total. The van der Waals surface area contributed by atoms with Gasteiger partial charge in [0, 0.05) is 30.8 Å². The third-order valence-electron chi connectivity index (χ3n) is 4.33. The molecule has 24 heavy (non-hydrogen) atoms. The Balaban J connectivity index is 1.50. The Kier molecular flexibility index (Phi) is 4.28. The van der Waals surface area contributed by atoms with Crippen LogP contribution in [-0.2, 0) is 12.6 Å². The molecule has 0 bridgehead atoms. The average Bonchev–Trinajstić information content (AvgIpc) is 3.13. The molecule has 7 heteroatoms. The Bertz CT molecular complexity index is 744. The maximum atomic E-state index is 13.7. The fourth-order valence-corrected chi connectivity index (χ4v) is 2.75. The summed E-state index contributed by atoms with van der Waals surface area (Å²) in [6.07, 6.45) is 3.98. The fraction of sp³-hybridized carbons (Fsp3) is 0.412. The van der Waals surface area contributed by atoms with Gasteiger partial charge in [0.2, 0.25) is 0 Å². The van der Waals surface area contributed by atoms with E-state index >= 15 is 0 Å². The van der Waals surface area contributed by atoms with Crippen molar-refractivity contribution in [3.63, 3.8) is 0 Å². The van der Waals surface area contributed by atoms with Gasteiger partial charge in [-0.1, -0.05) is 18.2 Å². The number of carbonyl (C=O) groups excluding carboxylic acids is 1. The monoisotopic (exact) mass is 332 g/mol. The molecule has 1 fully saturated rings. The maximum Gasteiger partial charge on any atom is 0.315 e. The predicted octanol–water partition coefficient (Wildman–Crippen LogP) is 1.62. The molecule has 128 valence electrons. The molecular formula is C17H21FN4O2. The van der Waals surface area contributed by atoms with Crippen molar-refractivity contribution in [2.45, 2.75) is 30.9 Å². The molecule has 1 aromatic heterocycles. The van der Waals surface area contributed by atoms with E-state index in [2.05, 4.69) is 15.7 Å². The van der Waals surface area contributed by atoms with Gasteiger partial charge >= 0.3 is 6.03 Å². The van der Waals surface area contributed by atoms with Crippen LogP contribution in [-0.4, -0.2) is 33.5 Å². The molecule has 0 radical (unpaired) electrons. The SMILES string of the molecule is Cn1cc(C(C)(O)CNC(=O)NC2CC2c2ccccc2F)cn1. The zero-order valence-corrected chi connectivity index (χ0v) is 13.7. The van der Waals surface area contributed by atoms with Gasteiger partial charge < -0.3 is 15.7 Å². The van der Waals surface area contributed by atoms with Crippen molar-refractivity contribution in [2.75, 3.05) is 6.54 Å². The van der Waals surface area contributed by atoms with Gasteiger partial charge in [-0.25, -0.2) is 9.18 Å². The van der Waals surface area contributed by atoms with Gasteiger partial charge in [-0.3, -0.25) is 4.68 Å². The first-order valence-corrected chi connectivity index (χ1v) is 7.87. The van der Waals surface area contributed by atoms with Crippen LogP contribution in [0, 0.1) is 5.82 Å². The number of hydrogen-bond acceptors (Lipinski definition) is 3. The highest BCUT2D eigenvalue weighted by Gasteiger charge is 2.41. The van der Waals surface area contributed by atoms with E-state index in [1.54, 1.807) is 49.2 Å². The number of aromatic nitrogens is 2. The maximum absolute atomic E-state index is 13.7. The third kappa shape index (κ3) is 3.56. The summed E-state index contributed by atoms with van der Waals surface area (Å²) in [7, 11) is 1.76. The number of urea groups is 1. The first kappa shape index (κ1) is 16.4. The summed E-state index contributed by atoms with van der Waals surface area (Å²) in [5.41, 5.74) is 0.0474. The normalized spacial score (nSPS) is 21.8. The summed E-state index contributed by atoms with van der Waals surface area (Å²) in [4.78, 5) is 12.0. The summed E-state index contributed by atoms with van der Waals surface area (Å²) in [5, 5.41) is 19.9. The van der Waals surface area contributed by atoms with E-state index < -0.39 is 5.60 Å². The van der Waals surface area contributed by atoms with E-state index in [-0.39, 0.29) is 30.4 Å². The van der Waals surface area contributed by atoms with E-state index in [1.165, 1.54) is 6.07 Å². The van der Waals surface area contributed by atoms with Gasteiger partial charge in [-0.05, 0) is 25.0 Å². The standard InChI is InChI=1S/C17H21FN4O2/c1-17(24,11-8-20-22(2)9-11)10-19-16(23)21-15-7-13(15)12-5-3-4-6-14(12)18/h3-6,8-9,13,15,24H,7,10H2,1-2H3,(H2,19,21,23). The molecular weight excluding hydrogens is 311 g/mol. The van der Waals surface area contributed by atoms with E-state index in [0.717, 1.165) is 0 Å². The van der Waals surface area contributed by atoms with Crippen molar-refractivity contribution in [3.05, 3.63) is 53.6 Å². The lowest BCUT2D eigenvalue weighted by Crippen LogP contribution is -2.44. The number of halogens is 1. The minimum Gasteiger partial charge on any atom is -0.383 e. The van der Waals surface area contributed by atoms with Crippen LogP contribution in [0.4, 0.5) is 9.18 Å². The second-order valence-electron chi connectivity index (χ2n) is 6.47. The Morgan fingerprint density at radius 2 is 2.25 bits per heavy atom. The van der Waals surface area contributed by atoms with Gasteiger partial charge in [0.05, 0.1) is 12.7 Å². The quantitative estimate of drug-likeness (QED) is 0.778. The Morgan fingerprint density at radius 1 is 1.50 bits per heavy atom. The Morgan fingerprint density at radius 3 is 2.92 bits per heavy atom. The highest BCUT2D eigenvalue weighted by Crippen LogP contribution is 2.41. The van der Waals surface area contributed by atoms with Crippen LogP contribution < -0.4 is 10.6 Å². The number of carbonyl (C=O) groups is 1. The largest absolute Gasteiger partial charge is 0.383 e. The topological polar surface area (TPSA) is 79.2 Å². The number of rotatable bonds is 5. The van der Waals surface area contributed by atoms with Crippen LogP contribution in [0.15, 0.2) is 36.7 Å². The summed E-state index contributed by atoms with van der Waals surface area (Å²) < 4.78 is 15.3. The van der Waals surface area contributed by atoms with Crippen molar-refractivity contribution >= 4 is 6.03 Å². The third-order valence-corrected chi connectivity index (χ3v) is 4.33. The van der Waals surface area contributed by atoms with Crippen molar-refractivity contribution in [2.24, 2.45) is 7.05 Å². The fourth-order valence-electron chi connectivity index (χ4n) is 2.75. The number of aliphatic hydroxyl groups is 1. The summed E-state index contributed by atoms with van der Waals surface area (Å²) in [6.45, 7) is 1.67. The van der Waals surface area contributed by atoms with Crippen molar-refractivity contribution < 1.29 is 14.3 Å². The lowest BCUT2D eigenvalue weighted by molar-refractivity contribution is 0.0593. The first-order chi connectivity index (χ1) is 11.4. The predicted molar refractivity (Wildman–Crippen MR) is 86.9 cm³/mol. The van der Waals surface area contributed by atoms with Crippen molar-refractivity contribution in [1.82, 2.24) is 20.4 Å². The molecule has 3 unspecified atom stereocenters. The average molecular weight is 332 g/mol. The van der Waals surface area contributed by atoms with Crippen LogP contribution in [0.25, 0.3) is 0 Å². The Hall–Kier alpha value is -2.41. The Labute approximate surface area is 139 Å².